The molecule has 1 atom stereocenters. The van der Waals surface area contributed by atoms with E-state index in [0.29, 0.717) is 0 Å². The van der Waals surface area contributed by atoms with Crippen molar-refractivity contribution < 1.29 is 4.74 Å². The van der Waals surface area contributed by atoms with Gasteiger partial charge < -0.3 is 10.5 Å². The lowest BCUT2D eigenvalue weighted by Crippen LogP contribution is -2.19. The van der Waals surface area contributed by atoms with Gasteiger partial charge in [-0.05, 0) is 48.8 Å². The summed E-state index contributed by atoms with van der Waals surface area (Å²) in [5.74, 6) is 1.88. The molecule has 16 heavy (non-hydrogen) atoms. The molecule has 1 aromatic rings. The van der Waals surface area contributed by atoms with Gasteiger partial charge in [-0.2, -0.15) is 0 Å². The Morgan fingerprint density at radius 2 is 2.12 bits per heavy atom. The van der Waals surface area contributed by atoms with E-state index in [2.05, 4.69) is 18.2 Å². The minimum Gasteiger partial charge on any atom is -0.493 e. The van der Waals surface area contributed by atoms with Crippen LogP contribution in [-0.4, -0.2) is 6.61 Å². The molecule has 2 heteroatoms. The van der Waals surface area contributed by atoms with Crippen LogP contribution in [0, 0.1) is 5.92 Å². The first-order chi connectivity index (χ1) is 7.84. The van der Waals surface area contributed by atoms with Gasteiger partial charge in [-0.3, -0.25) is 0 Å². The molecule has 1 fully saturated rings. The highest BCUT2D eigenvalue weighted by Gasteiger charge is 2.23. The average Bonchev–Trinajstić information content (AvgIpc) is 2.60. The van der Waals surface area contributed by atoms with E-state index in [0.717, 1.165) is 31.1 Å². The quantitative estimate of drug-likeness (QED) is 0.845. The Bertz CT molecular complexity index is 384. The van der Waals surface area contributed by atoms with Gasteiger partial charge in [0.1, 0.15) is 5.75 Å². The molecule has 0 amide bonds. The molecule has 86 valence electrons. The zero-order valence-electron chi connectivity index (χ0n) is 9.61. The summed E-state index contributed by atoms with van der Waals surface area (Å²) < 4.78 is 5.95. The Balaban J connectivity index is 1.74. The van der Waals surface area contributed by atoms with E-state index < -0.39 is 0 Å². The normalized spacial score (nSPS) is 23.9. The first-order valence-electron chi connectivity index (χ1n) is 6.35. The first kappa shape index (κ1) is 10.2. The van der Waals surface area contributed by atoms with Crippen molar-refractivity contribution in [2.24, 2.45) is 11.7 Å². The van der Waals surface area contributed by atoms with Crippen LogP contribution in [0.1, 0.15) is 42.9 Å². The van der Waals surface area contributed by atoms with Gasteiger partial charge in [-0.25, -0.2) is 0 Å². The predicted molar refractivity (Wildman–Crippen MR) is 64.5 cm³/mol. The summed E-state index contributed by atoms with van der Waals surface area (Å²) in [5, 5.41) is 0. The van der Waals surface area contributed by atoms with E-state index in [1.165, 1.54) is 30.4 Å². The summed E-state index contributed by atoms with van der Waals surface area (Å²) in [4.78, 5) is 0. The number of rotatable bonds is 3. The third kappa shape index (κ3) is 1.71. The number of benzene rings is 1. The third-order valence-corrected chi connectivity index (χ3v) is 3.97. The van der Waals surface area contributed by atoms with Gasteiger partial charge in [0.2, 0.25) is 0 Å². The highest BCUT2D eigenvalue weighted by atomic mass is 16.5. The molecular formula is C14H19NO. The summed E-state index contributed by atoms with van der Waals surface area (Å²) in [7, 11) is 0. The molecular weight excluding hydrogens is 198 g/mol. The van der Waals surface area contributed by atoms with Crippen molar-refractivity contribution in [1.29, 1.82) is 0 Å². The number of fused-ring (bicyclic) bond motifs is 1. The lowest BCUT2D eigenvalue weighted by molar-refractivity contribution is 0.179. The minimum atomic E-state index is 0.224. The van der Waals surface area contributed by atoms with E-state index in [1.54, 1.807) is 0 Å². The van der Waals surface area contributed by atoms with E-state index in [1.807, 2.05) is 0 Å². The molecule has 2 aliphatic rings. The van der Waals surface area contributed by atoms with Gasteiger partial charge in [0.25, 0.3) is 0 Å². The minimum absolute atomic E-state index is 0.224. The maximum Gasteiger partial charge on any atom is 0.122 e. The number of hydrogen-bond donors (Lipinski definition) is 1. The van der Waals surface area contributed by atoms with Gasteiger partial charge in [-0.1, -0.05) is 18.6 Å². The van der Waals surface area contributed by atoms with Gasteiger partial charge in [0.15, 0.2) is 0 Å². The lowest BCUT2D eigenvalue weighted by Gasteiger charge is -2.25. The molecule has 0 aromatic heterocycles. The molecule has 0 radical (unpaired) electrons. The summed E-state index contributed by atoms with van der Waals surface area (Å²) in [6.45, 7) is 0.895. The van der Waals surface area contributed by atoms with E-state index >= 15 is 0 Å². The molecule has 0 heterocycles. The average molecular weight is 217 g/mol. The van der Waals surface area contributed by atoms with Crippen LogP contribution >= 0.6 is 0 Å². The van der Waals surface area contributed by atoms with Crippen molar-refractivity contribution in [3.8, 4) is 5.75 Å². The fourth-order valence-electron chi connectivity index (χ4n) is 2.66. The molecule has 2 N–H and O–H groups in total. The summed E-state index contributed by atoms with van der Waals surface area (Å²) in [6.07, 6.45) is 6.21. The topological polar surface area (TPSA) is 35.2 Å². The zero-order valence-corrected chi connectivity index (χ0v) is 9.61. The SMILES string of the molecule is NC1CCc2c(OCC3CCC3)cccc21. The second-order valence-corrected chi connectivity index (χ2v) is 5.08. The van der Waals surface area contributed by atoms with Crippen molar-refractivity contribution in [2.45, 2.75) is 38.1 Å². The molecule has 2 nitrogen and oxygen atoms in total. The maximum absolute atomic E-state index is 6.05. The zero-order chi connectivity index (χ0) is 11.0. The third-order valence-electron chi connectivity index (χ3n) is 3.97. The van der Waals surface area contributed by atoms with Crippen molar-refractivity contribution in [3.05, 3.63) is 29.3 Å². The van der Waals surface area contributed by atoms with Crippen LogP contribution in [0.25, 0.3) is 0 Å². The van der Waals surface area contributed by atoms with Crippen LogP contribution in [0.5, 0.6) is 5.75 Å². The van der Waals surface area contributed by atoms with Crippen LogP contribution in [0.2, 0.25) is 0 Å². The number of nitrogens with two attached hydrogens (primary N) is 1. The van der Waals surface area contributed by atoms with Crippen LogP contribution in [-0.2, 0) is 6.42 Å². The molecule has 3 rings (SSSR count). The molecule has 0 aliphatic heterocycles. The molecule has 1 saturated carbocycles. The van der Waals surface area contributed by atoms with Crippen LogP contribution in [0.4, 0.5) is 0 Å². The molecule has 1 unspecified atom stereocenters. The van der Waals surface area contributed by atoms with Gasteiger partial charge >= 0.3 is 0 Å². The monoisotopic (exact) mass is 217 g/mol. The van der Waals surface area contributed by atoms with E-state index in [4.69, 9.17) is 10.5 Å². The number of hydrogen-bond acceptors (Lipinski definition) is 2. The van der Waals surface area contributed by atoms with E-state index in [-0.39, 0.29) is 6.04 Å². The highest BCUT2D eigenvalue weighted by molar-refractivity contribution is 5.44. The first-order valence-corrected chi connectivity index (χ1v) is 6.35. The molecule has 0 spiro atoms. The molecule has 2 aliphatic carbocycles. The van der Waals surface area contributed by atoms with Crippen molar-refractivity contribution in [3.63, 3.8) is 0 Å². The van der Waals surface area contributed by atoms with E-state index in [9.17, 15) is 0 Å². The Labute approximate surface area is 96.8 Å². The van der Waals surface area contributed by atoms with Crippen LogP contribution in [0.3, 0.4) is 0 Å². The van der Waals surface area contributed by atoms with Gasteiger partial charge in [0.05, 0.1) is 6.61 Å². The predicted octanol–water partition coefficient (Wildman–Crippen LogP) is 2.81. The summed E-state index contributed by atoms with van der Waals surface area (Å²) in [5.41, 5.74) is 8.71. The fraction of sp³-hybridized carbons (Fsp3) is 0.571. The molecule has 0 bridgehead atoms. The standard InChI is InChI=1S/C14H19NO/c15-13-8-7-12-11(13)5-2-6-14(12)16-9-10-3-1-4-10/h2,5-6,10,13H,1,3-4,7-9,15H2. The largest absolute Gasteiger partial charge is 0.493 e. The van der Waals surface area contributed by atoms with Crippen molar-refractivity contribution in [2.75, 3.05) is 6.61 Å². The fourth-order valence-corrected chi connectivity index (χ4v) is 2.66. The smallest absolute Gasteiger partial charge is 0.122 e. The summed E-state index contributed by atoms with van der Waals surface area (Å²) in [6, 6.07) is 6.53. The molecule has 0 saturated heterocycles. The second kappa shape index (κ2) is 4.10. The van der Waals surface area contributed by atoms with Crippen molar-refractivity contribution >= 4 is 0 Å². The van der Waals surface area contributed by atoms with Gasteiger partial charge in [0, 0.05) is 6.04 Å². The Morgan fingerprint density at radius 3 is 2.88 bits per heavy atom. The van der Waals surface area contributed by atoms with Crippen LogP contribution < -0.4 is 10.5 Å². The lowest BCUT2D eigenvalue weighted by atomic mass is 9.86. The Hall–Kier alpha value is -1.02. The summed E-state index contributed by atoms with van der Waals surface area (Å²) >= 11 is 0. The maximum atomic E-state index is 6.05. The Kier molecular flexibility index (Phi) is 2.60. The second-order valence-electron chi connectivity index (χ2n) is 5.08. The Morgan fingerprint density at radius 1 is 1.25 bits per heavy atom. The number of ether oxygens (including phenoxy) is 1. The molecule has 1 aromatic carbocycles. The van der Waals surface area contributed by atoms with Gasteiger partial charge in [-0.15, -0.1) is 0 Å². The van der Waals surface area contributed by atoms with Crippen molar-refractivity contribution in [1.82, 2.24) is 0 Å². The van der Waals surface area contributed by atoms with Crippen LogP contribution in [0.15, 0.2) is 18.2 Å². The highest BCUT2D eigenvalue weighted by Crippen LogP contribution is 2.36.